The van der Waals surface area contributed by atoms with E-state index in [2.05, 4.69) is 19.7 Å². The Morgan fingerprint density at radius 3 is 3.12 bits per heavy atom. The number of aromatic nitrogens is 3. The second kappa shape index (κ2) is 5.36. The third-order valence-corrected chi connectivity index (χ3v) is 3.07. The Morgan fingerprint density at radius 1 is 1.44 bits per heavy atom. The highest BCUT2D eigenvalue weighted by Gasteiger charge is 2.16. The van der Waals surface area contributed by atoms with Crippen molar-refractivity contribution < 1.29 is 0 Å². The molecule has 1 aliphatic rings. The summed E-state index contributed by atoms with van der Waals surface area (Å²) in [6.07, 6.45) is 4.89. The first-order chi connectivity index (χ1) is 7.75. The van der Waals surface area contributed by atoms with Gasteiger partial charge in [-0.2, -0.15) is 0 Å². The van der Waals surface area contributed by atoms with Crippen LogP contribution in [0.2, 0.25) is 0 Å². The summed E-state index contributed by atoms with van der Waals surface area (Å²) in [5, 5.41) is 8.00. The third-order valence-electron chi connectivity index (χ3n) is 2.87. The molecule has 5 nitrogen and oxygen atoms in total. The summed E-state index contributed by atoms with van der Waals surface area (Å²) >= 11 is 4.85. The number of rotatable bonds is 5. The molecule has 2 rings (SSSR count). The fourth-order valence-corrected chi connectivity index (χ4v) is 2.09. The van der Waals surface area contributed by atoms with Crippen LogP contribution >= 0.6 is 12.2 Å². The molecule has 0 fully saturated rings. The van der Waals surface area contributed by atoms with Crippen LogP contribution in [0, 0.1) is 0 Å². The molecule has 0 atom stereocenters. The molecule has 1 aromatic heterocycles. The van der Waals surface area contributed by atoms with Crippen molar-refractivity contribution in [2.75, 3.05) is 13.1 Å². The summed E-state index contributed by atoms with van der Waals surface area (Å²) in [5.41, 5.74) is 5.46. The zero-order valence-corrected chi connectivity index (χ0v) is 10.1. The first-order valence-electron chi connectivity index (χ1n) is 5.63. The predicted molar refractivity (Wildman–Crippen MR) is 65.9 cm³/mol. The molecule has 0 aromatic carbocycles. The first-order valence-corrected chi connectivity index (χ1v) is 6.04. The average Bonchev–Trinajstić information content (AvgIpc) is 2.71. The lowest BCUT2D eigenvalue weighted by Crippen LogP contribution is -2.34. The first kappa shape index (κ1) is 11.5. The van der Waals surface area contributed by atoms with Crippen LogP contribution in [0.3, 0.4) is 0 Å². The van der Waals surface area contributed by atoms with Crippen LogP contribution in [-0.2, 0) is 13.1 Å². The van der Waals surface area contributed by atoms with Gasteiger partial charge in [-0.05, 0) is 25.8 Å². The van der Waals surface area contributed by atoms with E-state index in [0.29, 0.717) is 4.99 Å². The molecule has 6 heteroatoms. The Bertz CT molecular complexity index is 362. The Balaban J connectivity index is 1.71. The van der Waals surface area contributed by atoms with Gasteiger partial charge in [-0.3, -0.25) is 4.90 Å². The highest BCUT2D eigenvalue weighted by Crippen LogP contribution is 2.10. The SMILES string of the molecule is NC(=S)CCCCN1CCn2cnnc2C1. The molecular weight excluding hydrogens is 222 g/mol. The van der Waals surface area contributed by atoms with Gasteiger partial charge in [0.1, 0.15) is 12.2 Å². The van der Waals surface area contributed by atoms with Gasteiger partial charge in [0, 0.05) is 13.1 Å². The van der Waals surface area contributed by atoms with Crippen LogP contribution in [0.4, 0.5) is 0 Å². The van der Waals surface area contributed by atoms with E-state index in [1.54, 1.807) is 6.33 Å². The van der Waals surface area contributed by atoms with Crippen molar-refractivity contribution in [3.05, 3.63) is 12.2 Å². The summed E-state index contributed by atoms with van der Waals surface area (Å²) in [5.74, 6) is 1.07. The molecule has 0 radical (unpaired) electrons. The standard InChI is InChI=1S/C10H17N5S/c11-9(16)3-1-2-4-14-5-6-15-8-12-13-10(15)7-14/h8H,1-7H2,(H2,11,16). The van der Waals surface area contributed by atoms with Crippen LogP contribution in [0.25, 0.3) is 0 Å². The van der Waals surface area contributed by atoms with Crippen molar-refractivity contribution in [2.45, 2.75) is 32.4 Å². The number of unbranched alkanes of at least 4 members (excludes halogenated alkanes) is 1. The number of thiocarbonyl (C=S) groups is 1. The monoisotopic (exact) mass is 239 g/mol. The minimum atomic E-state index is 0.624. The molecule has 0 saturated carbocycles. The molecule has 2 N–H and O–H groups in total. The Morgan fingerprint density at radius 2 is 2.31 bits per heavy atom. The molecule has 2 heterocycles. The number of fused-ring (bicyclic) bond motifs is 1. The minimum Gasteiger partial charge on any atom is -0.393 e. The van der Waals surface area contributed by atoms with E-state index in [1.807, 2.05) is 0 Å². The molecule has 0 amide bonds. The molecular formula is C10H17N5S. The molecule has 0 unspecified atom stereocenters. The maximum absolute atomic E-state index is 5.46. The van der Waals surface area contributed by atoms with Gasteiger partial charge in [0.05, 0.1) is 11.5 Å². The topological polar surface area (TPSA) is 60.0 Å². The van der Waals surface area contributed by atoms with Crippen LogP contribution in [-0.4, -0.2) is 37.7 Å². The molecule has 1 aliphatic heterocycles. The highest BCUT2D eigenvalue weighted by atomic mass is 32.1. The lowest BCUT2D eigenvalue weighted by atomic mass is 10.2. The van der Waals surface area contributed by atoms with Crippen LogP contribution < -0.4 is 5.73 Å². The van der Waals surface area contributed by atoms with E-state index >= 15 is 0 Å². The van der Waals surface area contributed by atoms with Crippen molar-refractivity contribution in [1.82, 2.24) is 19.7 Å². The maximum Gasteiger partial charge on any atom is 0.147 e. The van der Waals surface area contributed by atoms with Gasteiger partial charge in [-0.25, -0.2) is 0 Å². The smallest absolute Gasteiger partial charge is 0.147 e. The lowest BCUT2D eigenvalue weighted by Gasteiger charge is -2.26. The average molecular weight is 239 g/mol. The van der Waals surface area contributed by atoms with Gasteiger partial charge in [0.2, 0.25) is 0 Å². The molecule has 0 saturated heterocycles. The van der Waals surface area contributed by atoms with Gasteiger partial charge in [-0.1, -0.05) is 12.2 Å². The van der Waals surface area contributed by atoms with Crippen molar-refractivity contribution in [3.8, 4) is 0 Å². The fourth-order valence-electron chi connectivity index (χ4n) is 1.94. The van der Waals surface area contributed by atoms with Gasteiger partial charge in [0.25, 0.3) is 0 Å². The van der Waals surface area contributed by atoms with E-state index in [-0.39, 0.29) is 0 Å². The van der Waals surface area contributed by atoms with E-state index in [0.717, 1.165) is 51.3 Å². The number of hydrogen-bond acceptors (Lipinski definition) is 4. The summed E-state index contributed by atoms with van der Waals surface area (Å²) in [6, 6.07) is 0. The van der Waals surface area contributed by atoms with Gasteiger partial charge in [0.15, 0.2) is 0 Å². The lowest BCUT2D eigenvalue weighted by molar-refractivity contribution is 0.213. The fraction of sp³-hybridized carbons (Fsp3) is 0.700. The minimum absolute atomic E-state index is 0.624. The third kappa shape index (κ3) is 2.99. The largest absolute Gasteiger partial charge is 0.393 e. The van der Waals surface area contributed by atoms with Gasteiger partial charge >= 0.3 is 0 Å². The van der Waals surface area contributed by atoms with Crippen LogP contribution in [0.5, 0.6) is 0 Å². The molecule has 0 aliphatic carbocycles. The summed E-state index contributed by atoms with van der Waals surface area (Å²) in [6.45, 7) is 4.08. The van der Waals surface area contributed by atoms with Crippen molar-refractivity contribution in [3.63, 3.8) is 0 Å². The van der Waals surface area contributed by atoms with Gasteiger partial charge in [-0.15, -0.1) is 10.2 Å². The summed E-state index contributed by atoms with van der Waals surface area (Å²) < 4.78 is 2.12. The second-order valence-electron chi connectivity index (χ2n) is 4.14. The van der Waals surface area contributed by atoms with Crippen molar-refractivity contribution in [2.24, 2.45) is 5.73 Å². The van der Waals surface area contributed by atoms with Crippen molar-refractivity contribution in [1.29, 1.82) is 0 Å². The predicted octanol–water partition coefficient (Wildman–Crippen LogP) is 0.550. The Labute approximate surface area is 101 Å². The Kier molecular flexibility index (Phi) is 3.84. The normalized spacial score (nSPS) is 16.0. The maximum atomic E-state index is 5.46. The molecule has 1 aromatic rings. The molecule has 0 bridgehead atoms. The van der Waals surface area contributed by atoms with E-state index in [9.17, 15) is 0 Å². The van der Waals surface area contributed by atoms with E-state index in [1.165, 1.54) is 0 Å². The summed E-state index contributed by atoms with van der Waals surface area (Å²) in [7, 11) is 0. The number of hydrogen-bond donors (Lipinski definition) is 1. The number of nitrogens with two attached hydrogens (primary N) is 1. The number of nitrogens with zero attached hydrogens (tertiary/aromatic N) is 4. The second-order valence-corrected chi connectivity index (χ2v) is 4.66. The van der Waals surface area contributed by atoms with Crippen LogP contribution in [0.15, 0.2) is 6.33 Å². The molecule has 16 heavy (non-hydrogen) atoms. The molecule has 0 spiro atoms. The van der Waals surface area contributed by atoms with Gasteiger partial charge < -0.3 is 10.3 Å². The highest BCUT2D eigenvalue weighted by molar-refractivity contribution is 7.80. The quantitative estimate of drug-likeness (QED) is 0.600. The van der Waals surface area contributed by atoms with E-state index < -0.39 is 0 Å². The van der Waals surface area contributed by atoms with Crippen LogP contribution in [0.1, 0.15) is 25.1 Å². The zero-order valence-electron chi connectivity index (χ0n) is 9.30. The molecule has 88 valence electrons. The Hall–Kier alpha value is -1.01. The zero-order chi connectivity index (χ0) is 11.4. The van der Waals surface area contributed by atoms with Crippen molar-refractivity contribution >= 4 is 17.2 Å². The van der Waals surface area contributed by atoms with E-state index in [4.69, 9.17) is 18.0 Å². The summed E-state index contributed by atoms with van der Waals surface area (Å²) in [4.78, 5) is 3.03.